The smallest absolute Gasteiger partial charge is 0.280 e. The summed E-state index contributed by atoms with van der Waals surface area (Å²) in [6.07, 6.45) is 1.52. The van der Waals surface area contributed by atoms with E-state index in [-0.39, 0.29) is 5.56 Å². The van der Waals surface area contributed by atoms with Crippen molar-refractivity contribution in [3.63, 3.8) is 0 Å². The normalized spacial score (nSPS) is 11.0. The number of aromatic nitrogens is 2. The molecule has 0 saturated heterocycles. The molecule has 6 nitrogen and oxygen atoms in total. The van der Waals surface area contributed by atoms with Crippen LogP contribution in [-0.4, -0.2) is 23.1 Å². The van der Waals surface area contributed by atoms with Gasteiger partial charge in [-0.1, -0.05) is 29.8 Å². The number of hydrogen-bond donors (Lipinski definition) is 2. The lowest BCUT2D eigenvalue weighted by Gasteiger charge is -2.06. The molecular weight excluding hydrogens is 316 g/mol. The van der Waals surface area contributed by atoms with Crippen molar-refractivity contribution < 1.29 is 4.74 Å². The fourth-order valence-corrected chi connectivity index (χ4v) is 2.49. The summed E-state index contributed by atoms with van der Waals surface area (Å²) in [4.78, 5) is 12.6. The minimum absolute atomic E-state index is 0.146. The highest BCUT2D eigenvalue weighted by atomic mass is 16.5. The first-order valence-electron chi connectivity index (χ1n) is 7.91. The van der Waals surface area contributed by atoms with Gasteiger partial charge in [0.1, 0.15) is 5.75 Å². The molecule has 0 unspecified atom stereocenters. The molecule has 0 saturated carbocycles. The van der Waals surface area contributed by atoms with Gasteiger partial charge in [0.25, 0.3) is 5.56 Å². The van der Waals surface area contributed by atoms with Crippen molar-refractivity contribution in [2.75, 3.05) is 12.5 Å². The highest BCUT2D eigenvalue weighted by Gasteiger charge is 2.10. The van der Waals surface area contributed by atoms with Crippen LogP contribution in [0.25, 0.3) is 5.69 Å². The van der Waals surface area contributed by atoms with Crippen LogP contribution in [0.1, 0.15) is 16.8 Å². The van der Waals surface area contributed by atoms with Gasteiger partial charge in [-0.3, -0.25) is 15.3 Å². The Hall–Kier alpha value is -3.28. The standard InChI is InChI=1S/C19H20N4O2/c1-13-8-10-15(11-9-13)23-19(24)16(14(2)22-23)12-20-21-17-6-4-5-7-18(17)25-3/h4-12,21-22H,1-3H3/b20-12+. The average Bonchev–Trinajstić information content (AvgIpc) is 2.91. The number of benzene rings is 2. The molecular formula is C19H20N4O2. The predicted molar refractivity (Wildman–Crippen MR) is 100 cm³/mol. The third kappa shape index (κ3) is 3.47. The third-order valence-corrected chi connectivity index (χ3v) is 3.89. The summed E-state index contributed by atoms with van der Waals surface area (Å²) in [6.45, 7) is 3.85. The Labute approximate surface area is 145 Å². The summed E-state index contributed by atoms with van der Waals surface area (Å²) >= 11 is 0. The van der Waals surface area contributed by atoms with Crippen molar-refractivity contribution in [1.29, 1.82) is 0 Å². The Bertz CT molecular complexity index is 952. The van der Waals surface area contributed by atoms with Crippen LogP contribution < -0.4 is 15.7 Å². The van der Waals surface area contributed by atoms with Gasteiger partial charge in [-0.05, 0) is 38.1 Å². The second-order valence-corrected chi connectivity index (χ2v) is 5.70. The molecule has 1 heterocycles. The summed E-state index contributed by atoms with van der Waals surface area (Å²) in [5.74, 6) is 0.683. The number of H-pyrrole nitrogens is 1. The highest BCUT2D eigenvalue weighted by molar-refractivity contribution is 5.81. The van der Waals surface area contributed by atoms with Gasteiger partial charge in [0.05, 0.1) is 30.3 Å². The molecule has 1 aromatic heterocycles. The van der Waals surface area contributed by atoms with Gasteiger partial charge in [-0.25, -0.2) is 4.68 Å². The van der Waals surface area contributed by atoms with Gasteiger partial charge in [0, 0.05) is 5.69 Å². The number of methoxy groups -OCH3 is 1. The Kier molecular flexibility index (Phi) is 4.70. The van der Waals surface area contributed by atoms with E-state index >= 15 is 0 Å². The zero-order valence-electron chi connectivity index (χ0n) is 14.4. The molecule has 0 fully saturated rings. The second kappa shape index (κ2) is 7.09. The number of nitrogens with zero attached hydrogens (tertiary/aromatic N) is 2. The number of anilines is 1. The van der Waals surface area contributed by atoms with E-state index in [4.69, 9.17) is 4.74 Å². The van der Waals surface area contributed by atoms with Crippen molar-refractivity contribution in [2.45, 2.75) is 13.8 Å². The van der Waals surface area contributed by atoms with E-state index in [0.29, 0.717) is 11.3 Å². The summed E-state index contributed by atoms with van der Waals surface area (Å²) in [5, 5.41) is 7.26. The van der Waals surface area contributed by atoms with Gasteiger partial charge in [0.15, 0.2) is 0 Å². The van der Waals surface area contributed by atoms with Crippen LogP contribution in [0.5, 0.6) is 5.75 Å². The van der Waals surface area contributed by atoms with E-state index in [1.165, 1.54) is 10.9 Å². The number of hydrogen-bond acceptors (Lipinski definition) is 4. The first-order valence-corrected chi connectivity index (χ1v) is 7.91. The van der Waals surface area contributed by atoms with E-state index in [2.05, 4.69) is 15.6 Å². The van der Waals surface area contributed by atoms with Gasteiger partial charge in [0.2, 0.25) is 0 Å². The molecule has 3 rings (SSSR count). The summed E-state index contributed by atoms with van der Waals surface area (Å²) < 4.78 is 6.77. The molecule has 25 heavy (non-hydrogen) atoms. The number of hydrazone groups is 1. The van der Waals surface area contributed by atoms with Crippen LogP contribution in [-0.2, 0) is 0 Å². The second-order valence-electron chi connectivity index (χ2n) is 5.70. The fourth-order valence-electron chi connectivity index (χ4n) is 2.49. The lowest BCUT2D eigenvalue weighted by atomic mass is 10.2. The number of aromatic amines is 1. The fraction of sp³-hybridized carbons (Fsp3) is 0.158. The molecule has 0 amide bonds. The van der Waals surface area contributed by atoms with Crippen LogP contribution >= 0.6 is 0 Å². The zero-order chi connectivity index (χ0) is 17.8. The van der Waals surface area contributed by atoms with Gasteiger partial charge in [-0.15, -0.1) is 0 Å². The molecule has 0 radical (unpaired) electrons. The Morgan fingerprint density at radius 1 is 1.12 bits per heavy atom. The SMILES string of the molecule is COc1ccccc1N/N=C/c1c(C)[nH]n(-c2ccc(C)cc2)c1=O. The predicted octanol–water partition coefficient (Wildman–Crippen LogP) is 3.24. The largest absolute Gasteiger partial charge is 0.495 e. The highest BCUT2D eigenvalue weighted by Crippen LogP contribution is 2.22. The quantitative estimate of drug-likeness (QED) is 0.555. The average molecular weight is 336 g/mol. The van der Waals surface area contributed by atoms with Crippen LogP contribution in [0.4, 0.5) is 5.69 Å². The van der Waals surface area contributed by atoms with Crippen LogP contribution in [0, 0.1) is 13.8 Å². The number of aryl methyl sites for hydroxylation is 2. The Morgan fingerprint density at radius 2 is 1.84 bits per heavy atom. The van der Waals surface area contributed by atoms with E-state index in [9.17, 15) is 4.79 Å². The zero-order valence-corrected chi connectivity index (χ0v) is 14.4. The topological polar surface area (TPSA) is 71.4 Å². The molecule has 0 aliphatic heterocycles. The van der Waals surface area contributed by atoms with E-state index in [1.54, 1.807) is 7.11 Å². The maximum Gasteiger partial charge on any atom is 0.280 e. The van der Waals surface area contributed by atoms with Crippen LogP contribution in [0.2, 0.25) is 0 Å². The summed E-state index contributed by atoms with van der Waals surface area (Å²) in [7, 11) is 1.60. The summed E-state index contributed by atoms with van der Waals surface area (Å²) in [5.41, 5.74) is 6.67. The minimum Gasteiger partial charge on any atom is -0.495 e. The number of ether oxygens (including phenoxy) is 1. The van der Waals surface area contributed by atoms with Crippen LogP contribution in [0.3, 0.4) is 0 Å². The number of para-hydroxylation sites is 2. The number of nitrogens with one attached hydrogen (secondary N) is 2. The summed E-state index contributed by atoms with van der Waals surface area (Å²) in [6, 6.07) is 15.2. The molecule has 128 valence electrons. The molecule has 3 aromatic rings. The van der Waals surface area contributed by atoms with E-state index in [1.807, 2.05) is 62.4 Å². The molecule has 0 bridgehead atoms. The number of rotatable bonds is 5. The lowest BCUT2D eigenvalue weighted by Crippen LogP contribution is -2.17. The van der Waals surface area contributed by atoms with Crippen molar-refractivity contribution in [3.05, 3.63) is 75.7 Å². The van der Waals surface area contributed by atoms with Crippen molar-refractivity contribution >= 4 is 11.9 Å². The minimum atomic E-state index is -0.146. The van der Waals surface area contributed by atoms with Gasteiger partial charge >= 0.3 is 0 Å². The van der Waals surface area contributed by atoms with Gasteiger partial charge in [-0.2, -0.15) is 5.10 Å². The molecule has 0 aliphatic carbocycles. The van der Waals surface area contributed by atoms with Crippen molar-refractivity contribution in [3.8, 4) is 11.4 Å². The monoisotopic (exact) mass is 336 g/mol. The lowest BCUT2D eigenvalue weighted by molar-refractivity contribution is 0.416. The molecule has 2 N–H and O–H groups in total. The van der Waals surface area contributed by atoms with Crippen molar-refractivity contribution in [2.24, 2.45) is 5.10 Å². The maximum absolute atomic E-state index is 12.6. The molecule has 0 atom stereocenters. The van der Waals surface area contributed by atoms with E-state index < -0.39 is 0 Å². The Morgan fingerprint density at radius 3 is 2.56 bits per heavy atom. The molecule has 0 spiro atoms. The molecule has 2 aromatic carbocycles. The van der Waals surface area contributed by atoms with Crippen LogP contribution in [0.15, 0.2) is 58.4 Å². The van der Waals surface area contributed by atoms with E-state index in [0.717, 1.165) is 22.6 Å². The first kappa shape index (κ1) is 16.6. The Balaban J connectivity index is 1.86. The first-order chi connectivity index (χ1) is 12.1. The van der Waals surface area contributed by atoms with Gasteiger partial charge < -0.3 is 4.74 Å². The van der Waals surface area contributed by atoms with Crippen molar-refractivity contribution in [1.82, 2.24) is 9.78 Å². The molecule has 0 aliphatic rings. The molecule has 6 heteroatoms. The third-order valence-electron chi connectivity index (χ3n) is 3.89. The maximum atomic E-state index is 12.6.